The minimum absolute atomic E-state index is 0.125. The van der Waals surface area contributed by atoms with Crippen molar-refractivity contribution in [3.05, 3.63) is 58.5 Å². The van der Waals surface area contributed by atoms with Gasteiger partial charge in [-0.15, -0.1) is 0 Å². The summed E-state index contributed by atoms with van der Waals surface area (Å²) in [6, 6.07) is 11.6. The maximum Gasteiger partial charge on any atom is 0.357 e. The molecule has 2 aromatic heterocycles. The van der Waals surface area contributed by atoms with Crippen LogP contribution in [0.5, 0.6) is 0 Å². The molecule has 0 aliphatic heterocycles. The number of nitriles is 1. The van der Waals surface area contributed by atoms with E-state index in [9.17, 15) is 10.1 Å². The lowest BCUT2D eigenvalue weighted by molar-refractivity contribution is 0.0593. The van der Waals surface area contributed by atoms with Crippen molar-refractivity contribution in [3.8, 4) is 22.9 Å². The number of nitrogens with two attached hydrogens (primary N) is 1. The van der Waals surface area contributed by atoms with Gasteiger partial charge in [-0.25, -0.2) is 4.79 Å². The fourth-order valence-corrected chi connectivity index (χ4v) is 3.11. The largest absolute Gasteiger partial charge is 0.464 e. The molecule has 23 heavy (non-hydrogen) atoms. The summed E-state index contributed by atoms with van der Waals surface area (Å²) >= 11 is 1.59. The van der Waals surface area contributed by atoms with Crippen LogP contribution < -0.4 is 5.73 Å². The molecule has 3 aromatic rings. The Morgan fingerprint density at radius 1 is 1.35 bits per heavy atom. The van der Waals surface area contributed by atoms with Gasteiger partial charge < -0.3 is 15.0 Å². The zero-order chi connectivity index (χ0) is 16.4. The van der Waals surface area contributed by atoms with E-state index in [-0.39, 0.29) is 16.9 Å². The van der Waals surface area contributed by atoms with Crippen LogP contribution in [-0.2, 0) is 4.74 Å². The Morgan fingerprint density at radius 2 is 2.13 bits per heavy atom. The number of carbonyl (C=O) groups is 1. The number of ether oxygens (including phenoxy) is 1. The molecule has 0 bridgehead atoms. The number of esters is 1. The topological polar surface area (TPSA) is 81.0 Å². The van der Waals surface area contributed by atoms with E-state index >= 15 is 0 Å². The number of rotatable bonds is 3. The molecule has 5 nitrogen and oxygen atoms in total. The van der Waals surface area contributed by atoms with E-state index in [2.05, 4.69) is 0 Å². The monoisotopic (exact) mass is 323 g/mol. The van der Waals surface area contributed by atoms with Gasteiger partial charge in [0.05, 0.1) is 24.0 Å². The van der Waals surface area contributed by atoms with Crippen molar-refractivity contribution in [2.75, 3.05) is 12.8 Å². The minimum Gasteiger partial charge on any atom is -0.464 e. The Bertz CT molecular complexity index is 905. The standard InChI is InChI=1S/C17H13N3O2S/c1-22-17(21)16-15(19)12(8-18)9-20(16)14-5-3-2-4-13(14)11-6-7-23-10-11/h2-7,9-10H,19H2,1H3. The molecule has 0 fully saturated rings. The Balaban J connectivity index is 2.29. The van der Waals surface area contributed by atoms with Gasteiger partial charge in [-0.1, -0.05) is 18.2 Å². The Kier molecular flexibility index (Phi) is 3.87. The van der Waals surface area contributed by atoms with Crippen LogP contribution in [0.4, 0.5) is 5.69 Å². The SMILES string of the molecule is COC(=O)c1c(N)c(C#N)cn1-c1ccccc1-c1ccsc1. The van der Waals surface area contributed by atoms with Gasteiger partial charge in [0.2, 0.25) is 0 Å². The van der Waals surface area contributed by atoms with Gasteiger partial charge in [-0.05, 0) is 28.5 Å². The summed E-state index contributed by atoms with van der Waals surface area (Å²) in [7, 11) is 1.29. The quantitative estimate of drug-likeness (QED) is 0.749. The van der Waals surface area contributed by atoms with Crippen LogP contribution in [0.3, 0.4) is 0 Å². The fraction of sp³-hybridized carbons (Fsp3) is 0.0588. The first-order valence-electron chi connectivity index (χ1n) is 6.78. The fourth-order valence-electron chi connectivity index (χ4n) is 2.45. The molecule has 114 valence electrons. The number of methoxy groups -OCH3 is 1. The summed E-state index contributed by atoms with van der Waals surface area (Å²) in [6.45, 7) is 0. The second-order valence-electron chi connectivity index (χ2n) is 4.81. The highest BCUT2D eigenvalue weighted by Crippen LogP contribution is 2.32. The highest BCUT2D eigenvalue weighted by atomic mass is 32.1. The normalized spacial score (nSPS) is 10.3. The Labute approximate surface area is 137 Å². The predicted octanol–water partition coefficient (Wildman–Crippen LogP) is 3.45. The van der Waals surface area contributed by atoms with Crippen molar-refractivity contribution in [2.45, 2.75) is 0 Å². The van der Waals surface area contributed by atoms with Crippen LogP contribution >= 0.6 is 11.3 Å². The first-order chi connectivity index (χ1) is 11.2. The maximum atomic E-state index is 12.1. The highest BCUT2D eigenvalue weighted by Gasteiger charge is 2.23. The molecule has 2 N–H and O–H groups in total. The molecule has 2 heterocycles. The molecule has 0 spiro atoms. The molecule has 0 aliphatic rings. The van der Waals surface area contributed by atoms with Gasteiger partial charge >= 0.3 is 5.97 Å². The van der Waals surface area contributed by atoms with Crippen LogP contribution in [0.25, 0.3) is 16.8 Å². The summed E-state index contributed by atoms with van der Waals surface area (Å²) in [5.74, 6) is -0.580. The lowest BCUT2D eigenvalue weighted by atomic mass is 10.1. The van der Waals surface area contributed by atoms with Gasteiger partial charge in [0.15, 0.2) is 5.69 Å². The first-order valence-corrected chi connectivity index (χ1v) is 7.73. The predicted molar refractivity (Wildman–Crippen MR) is 89.5 cm³/mol. The van der Waals surface area contributed by atoms with E-state index in [1.165, 1.54) is 7.11 Å². The summed E-state index contributed by atoms with van der Waals surface area (Å²) in [5.41, 5.74) is 9.22. The molecule has 0 saturated carbocycles. The summed E-state index contributed by atoms with van der Waals surface area (Å²) in [5, 5.41) is 13.2. The van der Waals surface area contributed by atoms with Gasteiger partial charge in [0.25, 0.3) is 0 Å². The van der Waals surface area contributed by atoms with Crippen molar-refractivity contribution in [2.24, 2.45) is 0 Å². The Morgan fingerprint density at radius 3 is 2.78 bits per heavy atom. The van der Waals surface area contributed by atoms with Gasteiger partial charge in [-0.3, -0.25) is 0 Å². The van der Waals surface area contributed by atoms with Crippen LogP contribution in [0, 0.1) is 11.3 Å². The third-order valence-electron chi connectivity index (χ3n) is 3.54. The zero-order valence-corrected chi connectivity index (χ0v) is 13.1. The molecule has 0 saturated heterocycles. The molecule has 0 aliphatic carbocycles. The molecule has 0 amide bonds. The van der Waals surface area contributed by atoms with Crippen molar-refractivity contribution in [1.29, 1.82) is 5.26 Å². The average Bonchev–Trinajstić information content (AvgIpc) is 3.22. The number of thiophene rings is 1. The number of hydrogen-bond acceptors (Lipinski definition) is 5. The molecule has 0 unspecified atom stereocenters. The molecule has 3 rings (SSSR count). The summed E-state index contributed by atoms with van der Waals surface area (Å²) in [6.07, 6.45) is 1.56. The van der Waals surface area contributed by atoms with E-state index in [0.29, 0.717) is 0 Å². The smallest absolute Gasteiger partial charge is 0.357 e. The number of hydrogen-bond donors (Lipinski definition) is 1. The molecule has 0 atom stereocenters. The number of para-hydroxylation sites is 1. The van der Waals surface area contributed by atoms with Gasteiger partial charge in [0.1, 0.15) is 6.07 Å². The number of aromatic nitrogens is 1. The number of anilines is 1. The lowest BCUT2D eigenvalue weighted by Crippen LogP contribution is -2.11. The van der Waals surface area contributed by atoms with E-state index in [1.807, 2.05) is 47.2 Å². The van der Waals surface area contributed by atoms with Crippen LogP contribution in [0.2, 0.25) is 0 Å². The van der Waals surface area contributed by atoms with Gasteiger partial charge in [0, 0.05) is 11.8 Å². The third kappa shape index (κ3) is 2.47. The lowest BCUT2D eigenvalue weighted by Gasteiger charge is -2.12. The minimum atomic E-state index is -0.580. The molecular formula is C17H13N3O2S. The molecule has 1 aromatic carbocycles. The van der Waals surface area contributed by atoms with Crippen molar-refractivity contribution in [1.82, 2.24) is 4.57 Å². The van der Waals surface area contributed by atoms with Crippen LogP contribution in [0.1, 0.15) is 16.1 Å². The van der Waals surface area contributed by atoms with Crippen molar-refractivity contribution in [3.63, 3.8) is 0 Å². The maximum absolute atomic E-state index is 12.1. The van der Waals surface area contributed by atoms with E-state index < -0.39 is 5.97 Å². The van der Waals surface area contributed by atoms with E-state index in [0.717, 1.165) is 16.8 Å². The molecule has 6 heteroatoms. The van der Waals surface area contributed by atoms with Gasteiger partial charge in [-0.2, -0.15) is 16.6 Å². The van der Waals surface area contributed by atoms with Crippen molar-refractivity contribution >= 4 is 23.0 Å². The second-order valence-corrected chi connectivity index (χ2v) is 5.59. The molecular weight excluding hydrogens is 310 g/mol. The van der Waals surface area contributed by atoms with E-state index in [4.69, 9.17) is 10.5 Å². The number of nitrogens with zero attached hydrogens (tertiary/aromatic N) is 2. The second kappa shape index (κ2) is 5.99. The number of benzene rings is 1. The zero-order valence-electron chi connectivity index (χ0n) is 12.3. The summed E-state index contributed by atoms with van der Waals surface area (Å²) in [4.78, 5) is 12.1. The average molecular weight is 323 g/mol. The van der Waals surface area contributed by atoms with Crippen LogP contribution in [-0.4, -0.2) is 17.6 Å². The summed E-state index contributed by atoms with van der Waals surface area (Å²) < 4.78 is 6.44. The number of carbonyl (C=O) groups excluding carboxylic acids is 1. The van der Waals surface area contributed by atoms with E-state index in [1.54, 1.807) is 22.1 Å². The van der Waals surface area contributed by atoms with Crippen molar-refractivity contribution < 1.29 is 9.53 Å². The third-order valence-corrected chi connectivity index (χ3v) is 4.22. The first kappa shape index (κ1) is 14.9. The number of nitrogen functional groups attached to an aromatic ring is 1. The highest BCUT2D eigenvalue weighted by molar-refractivity contribution is 7.08. The van der Waals surface area contributed by atoms with Crippen LogP contribution in [0.15, 0.2) is 47.3 Å². The Hall–Kier alpha value is -3.04. The molecule has 0 radical (unpaired) electrons.